The number of Topliss-reactive ketones (excluding diaryl/α,β-unsaturated/α-hetero) is 1. The van der Waals surface area contributed by atoms with Gasteiger partial charge in [-0.25, -0.2) is 9.29 Å². The van der Waals surface area contributed by atoms with Crippen molar-refractivity contribution >= 4 is 44.2 Å². The van der Waals surface area contributed by atoms with Crippen LogP contribution < -0.4 is 10.5 Å². The largest absolute Gasteiger partial charge is 0.490 e. The van der Waals surface area contributed by atoms with Crippen LogP contribution in [0.1, 0.15) is 30.2 Å². The molecule has 3 heterocycles. The highest BCUT2D eigenvalue weighted by Gasteiger charge is 2.51. The van der Waals surface area contributed by atoms with Gasteiger partial charge in [0.1, 0.15) is 18.1 Å². The molecule has 0 spiro atoms. The fourth-order valence-corrected chi connectivity index (χ4v) is 5.71. The Kier molecular flexibility index (Phi) is 7.59. The molecule has 1 saturated heterocycles. The van der Waals surface area contributed by atoms with E-state index in [1.165, 1.54) is 23.4 Å². The van der Waals surface area contributed by atoms with Gasteiger partial charge < -0.3 is 20.2 Å². The second-order valence-electron chi connectivity index (χ2n) is 8.70. The number of nitrogen functional groups attached to an aromatic ring is 1. The molecule has 12 nitrogen and oxygen atoms in total. The van der Waals surface area contributed by atoms with Crippen molar-refractivity contribution in [2.24, 2.45) is 11.1 Å². The molecule has 1 amide bonds. The lowest BCUT2D eigenvalue weighted by atomic mass is 9.86. The zero-order valence-electron chi connectivity index (χ0n) is 19.8. The number of nitrogens with zero attached hydrogens (tertiary/aromatic N) is 4. The summed E-state index contributed by atoms with van der Waals surface area (Å²) >= 11 is 1.11. The third kappa shape index (κ3) is 5.67. The number of fused-ring (bicyclic) bond motifs is 1. The van der Waals surface area contributed by atoms with E-state index in [1.54, 1.807) is 0 Å². The van der Waals surface area contributed by atoms with Crippen molar-refractivity contribution in [3.8, 4) is 5.75 Å². The number of ketones is 1. The van der Waals surface area contributed by atoms with Gasteiger partial charge in [-0.1, -0.05) is 11.2 Å². The predicted molar refractivity (Wildman–Crippen MR) is 132 cm³/mol. The quantitative estimate of drug-likeness (QED) is 0.147. The number of thiazole rings is 1. The van der Waals surface area contributed by atoms with Gasteiger partial charge in [0.25, 0.3) is 0 Å². The van der Waals surface area contributed by atoms with Crippen LogP contribution in [0, 0.1) is 5.92 Å². The van der Waals surface area contributed by atoms with E-state index in [1.807, 2.05) is 12.1 Å². The number of likely N-dealkylation sites (N-methyl/N-ethyl adjacent to an activating group) is 1. The molecule has 0 radical (unpaired) electrons. The number of oxime groups is 1. The molecule has 1 fully saturated rings. The number of anilines is 1. The molecule has 36 heavy (non-hydrogen) atoms. The van der Waals surface area contributed by atoms with Crippen LogP contribution in [0.25, 0.3) is 0 Å². The number of benzene rings is 1. The second kappa shape index (κ2) is 10.5. The Hall–Kier alpha value is -3.07. The SMILES string of the molecule is CC1C(CC(=O)/C(=N\OCCOc2ccc3c(c2)CCN(C)C3)c2csc(N)n2)C(=O)N1S(=O)(=O)O. The van der Waals surface area contributed by atoms with E-state index >= 15 is 0 Å². The lowest BCUT2D eigenvalue weighted by Gasteiger charge is -2.41. The van der Waals surface area contributed by atoms with E-state index in [2.05, 4.69) is 28.2 Å². The zero-order valence-corrected chi connectivity index (χ0v) is 21.4. The van der Waals surface area contributed by atoms with Gasteiger partial charge in [-0.2, -0.15) is 8.42 Å². The lowest BCUT2D eigenvalue weighted by Crippen LogP contribution is -2.62. The van der Waals surface area contributed by atoms with Gasteiger partial charge in [-0.15, -0.1) is 11.3 Å². The van der Waals surface area contributed by atoms with Crippen LogP contribution in [-0.2, 0) is 37.7 Å². The summed E-state index contributed by atoms with van der Waals surface area (Å²) in [5.41, 5.74) is 8.28. The lowest BCUT2D eigenvalue weighted by molar-refractivity contribution is -0.147. The second-order valence-corrected chi connectivity index (χ2v) is 10.9. The average molecular weight is 538 g/mol. The number of hydrogen-bond acceptors (Lipinski definition) is 11. The van der Waals surface area contributed by atoms with Crippen molar-refractivity contribution in [1.82, 2.24) is 14.2 Å². The fraction of sp³-hybridized carbons (Fsp3) is 0.455. The van der Waals surface area contributed by atoms with Gasteiger partial charge in [-0.05, 0) is 43.7 Å². The van der Waals surface area contributed by atoms with Crippen LogP contribution in [0.4, 0.5) is 5.13 Å². The first-order chi connectivity index (χ1) is 17.0. The number of nitrogens with two attached hydrogens (primary N) is 1. The molecule has 0 saturated carbocycles. The summed E-state index contributed by atoms with van der Waals surface area (Å²) < 4.78 is 37.9. The third-order valence-electron chi connectivity index (χ3n) is 6.15. The summed E-state index contributed by atoms with van der Waals surface area (Å²) in [5.74, 6) is -1.63. The van der Waals surface area contributed by atoms with Crippen molar-refractivity contribution in [3.63, 3.8) is 0 Å². The molecule has 2 unspecified atom stereocenters. The van der Waals surface area contributed by atoms with Crippen molar-refractivity contribution in [1.29, 1.82) is 0 Å². The Morgan fingerprint density at radius 1 is 1.33 bits per heavy atom. The molecule has 3 N–H and O–H groups in total. The van der Waals surface area contributed by atoms with E-state index in [0.717, 1.165) is 36.6 Å². The molecule has 4 rings (SSSR count). The highest BCUT2D eigenvalue weighted by molar-refractivity contribution is 7.84. The molecule has 2 atom stereocenters. The highest BCUT2D eigenvalue weighted by atomic mass is 32.2. The average Bonchev–Trinajstić information content (AvgIpc) is 3.24. The van der Waals surface area contributed by atoms with Crippen LogP contribution in [0.15, 0.2) is 28.7 Å². The Morgan fingerprint density at radius 3 is 2.78 bits per heavy atom. The molecule has 0 aliphatic carbocycles. The minimum absolute atomic E-state index is 0.0471. The minimum atomic E-state index is -4.68. The number of hydrogen-bond donors (Lipinski definition) is 2. The normalized spacial score (nSPS) is 20.6. The Labute approximate surface area is 212 Å². The van der Waals surface area contributed by atoms with Crippen LogP contribution in [-0.4, -0.2) is 77.4 Å². The minimum Gasteiger partial charge on any atom is -0.490 e. The molecule has 2 aromatic rings. The Morgan fingerprint density at radius 2 is 2.11 bits per heavy atom. The van der Waals surface area contributed by atoms with E-state index in [-0.39, 0.29) is 36.2 Å². The zero-order chi connectivity index (χ0) is 26.0. The maximum atomic E-state index is 12.9. The molecular formula is C22H27N5O7S2. The van der Waals surface area contributed by atoms with Crippen molar-refractivity contribution in [2.45, 2.75) is 32.4 Å². The van der Waals surface area contributed by atoms with Gasteiger partial charge in [0.05, 0.1) is 12.0 Å². The molecule has 14 heteroatoms. The maximum Gasteiger partial charge on any atom is 0.362 e. The smallest absolute Gasteiger partial charge is 0.362 e. The first-order valence-electron chi connectivity index (χ1n) is 11.2. The summed E-state index contributed by atoms with van der Waals surface area (Å²) in [7, 11) is -2.59. The summed E-state index contributed by atoms with van der Waals surface area (Å²) in [6, 6.07) is 5.10. The summed E-state index contributed by atoms with van der Waals surface area (Å²) in [4.78, 5) is 36.8. The Balaban J connectivity index is 1.36. The standard InChI is InChI=1S/C22H27N5O7S2/c1-13-17(21(29)27(13)36(30,31)32)10-19(28)20(18-12-35-22(23)24-18)25-34-8-7-33-16-4-3-15-11-26(2)6-5-14(15)9-16/h3-4,9,12-13,17H,5-8,10-11H2,1-2H3,(H2,23,24)(H,30,31,32)/b25-20-. The van der Waals surface area contributed by atoms with Crippen LogP contribution >= 0.6 is 11.3 Å². The third-order valence-corrected chi connectivity index (χ3v) is 7.83. The molecule has 0 bridgehead atoms. The number of carbonyl (C=O) groups excluding carboxylic acids is 2. The van der Waals surface area contributed by atoms with Crippen LogP contribution in [0.3, 0.4) is 0 Å². The highest BCUT2D eigenvalue weighted by Crippen LogP contribution is 2.32. The molecule has 1 aromatic heterocycles. The molecule has 2 aliphatic rings. The molecule has 2 aliphatic heterocycles. The number of rotatable bonds is 10. The van der Waals surface area contributed by atoms with Gasteiger partial charge in [0.2, 0.25) is 5.91 Å². The fourth-order valence-electron chi connectivity index (χ4n) is 4.23. The molecule has 194 valence electrons. The topological polar surface area (TPSA) is 165 Å². The molecule has 1 aromatic carbocycles. The van der Waals surface area contributed by atoms with E-state index in [4.69, 9.17) is 19.9 Å². The number of amides is 1. The van der Waals surface area contributed by atoms with E-state index < -0.39 is 34.0 Å². The van der Waals surface area contributed by atoms with Crippen molar-refractivity contribution < 1.29 is 32.1 Å². The first kappa shape index (κ1) is 26.0. The van der Waals surface area contributed by atoms with Crippen molar-refractivity contribution in [3.05, 3.63) is 40.4 Å². The number of ether oxygens (including phenoxy) is 1. The van der Waals surface area contributed by atoms with Crippen molar-refractivity contribution in [2.75, 3.05) is 32.5 Å². The summed E-state index contributed by atoms with van der Waals surface area (Å²) in [6.45, 7) is 3.56. The number of aromatic nitrogens is 1. The van der Waals surface area contributed by atoms with Gasteiger partial charge >= 0.3 is 10.3 Å². The van der Waals surface area contributed by atoms with Crippen LogP contribution in [0.2, 0.25) is 0 Å². The predicted octanol–water partition coefficient (Wildman–Crippen LogP) is 1.12. The summed E-state index contributed by atoms with van der Waals surface area (Å²) in [6.07, 6.45) is 0.628. The first-order valence-corrected chi connectivity index (χ1v) is 13.5. The monoisotopic (exact) mass is 537 g/mol. The maximum absolute atomic E-state index is 12.9. The van der Waals surface area contributed by atoms with Gasteiger partial charge in [0.15, 0.2) is 23.2 Å². The number of carbonyl (C=O) groups is 2. The van der Waals surface area contributed by atoms with Gasteiger partial charge in [-0.3, -0.25) is 14.1 Å². The summed E-state index contributed by atoms with van der Waals surface area (Å²) in [5, 5.41) is 5.68. The number of β-lactam (4-membered cyclic amide) rings is 1. The molecular weight excluding hydrogens is 510 g/mol. The van der Waals surface area contributed by atoms with E-state index in [0.29, 0.717) is 4.31 Å². The Bertz CT molecular complexity index is 1290. The van der Waals surface area contributed by atoms with Gasteiger partial charge in [0, 0.05) is 24.9 Å². The van der Waals surface area contributed by atoms with Crippen LogP contribution in [0.5, 0.6) is 5.75 Å². The van der Waals surface area contributed by atoms with E-state index in [9.17, 15) is 18.0 Å².